The van der Waals surface area contributed by atoms with Crippen molar-refractivity contribution >= 4 is 27.3 Å². The average Bonchev–Trinajstić information content (AvgIpc) is 2.49. The maximum Gasteiger partial charge on any atom is 0.120 e. The van der Waals surface area contributed by atoms with Gasteiger partial charge in [-0.05, 0) is 48.8 Å². The lowest BCUT2D eigenvalue weighted by Gasteiger charge is -2.20. The van der Waals surface area contributed by atoms with E-state index in [4.69, 9.17) is 0 Å². The molecule has 0 unspecified atom stereocenters. The smallest absolute Gasteiger partial charge is 0.120 e. The van der Waals surface area contributed by atoms with Crippen molar-refractivity contribution in [1.29, 1.82) is 0 Å². The lowest BCUT2D eigenvalue weighted by atomic mass is 9.99. The molecule has 0 spiro atoms. The lowest BCUT2D eigenvalue weighted by Crippen LogP contribution is -2.26. The molecule has 0 aromatic carbocycles. The minimum Gasteiger partial charge on any atom is -0.317 e. The van der Waals surface area contributed by atoms with Crippen LogP contribution in [0.4, 0.5) is 0 Å². The molecule has 0 saturated carbocycles. The Morgan fingerprint density at radius 2 is 2.15 bits per heavy atom. The molecule has 0 amide bonds. The number of hydrogen-bond donors (Lipinski definition) is 1. The Hall–Kier alpha value is 0.0700. The molecule has 1 fully saturated rings. The van der Waals surface area contributed by atoms with E-state index in [-0.39, 0.29) is 0 Å². The molecule has 4 heteroatoms. The first-order valence-corrected chi connectivity index (χ1v) is 6.22. The maximum absolute atomic E-state index is 4.54. The number of nitrogens with one attached hydrogen (secondary N) is 1. The SMILES string of the molecule is Cc1sc(C2CCNCC2)nc1Br. The van der Waals surface area contributed by atoms with E-state index in [2.05, 4.69) is 33.2 Å². The monoisotopic (exact) mass is 260 g/mol. The third kappa shape index (κ3) is 2.11. The Kier molecular flexibility index (Phi) is 3.01. The summed E-state index contributed by atoms with van der Waals surface area (Å²) in [6.45, 7) is 4.40. The van der Waals surface area contributed by atoms with Crippen molar-refractivity contribution in [3.05, 3.63) is 14.5 Å². The van der Waals surface area contributed by atoms with Crippen LogP contribution in [0.2, 0.25) is 0 Å². The first-order valence-electron chi connectivity index (χ1n) is 4.61. The lowest BCUT2D eigenvalue weighted by molar-refractivity contribution is 0.459. The van der Waals surface area contributed by atoms with Gasteiger partial charge in [0.15, 0.2) is 0 Å². The number of piperidine rings is 1. The van der Waals surface area contributed by atoms with Crippen molar-refractivity contribution in [3.63, 3.8) is 0 Å². The van der Waals surface area contributed by atoms with Gasteiger partial charge in [0.05, 0.1) is 5.01 Å². The van der Waals surface area contributed by atoms with Crippen LogP contribution in [0.3, 0.4) is 0 Å². The Morgan fingerprint density at radius 3 is 2.69 bits per heavy atom. The summed E-state index contributed by atoms with van der Waals surface area (Å²) in [4.78, 5) is 5.84. The highest BCUT2D eigenvalue weighted by molar-refractivity contribution is 9.10. The van der Waals surface area contributed by atoms with Gasteiger partial charge in [0.1, 0.15) is 4.60 Å². The van der Waals surface area contributed by atoms with Crippen LogP contribution in [0.1, 0.15) is 28.6 Å². The fraction of sp³-hybridized carbons (Fsp3) is 0.667. The van der Waals surface area contributed by atoms with E-state index in [0.717, 1.165) is 17.7 Å². The first-order chi connectivity index (χ1) is 6.27. The molecule has 0 radical (unpaired) electrons. The molecule has 1 aromatic heterocycles. The van der Waals surface area contributed by atoms with Crippen molar-refractivity contribution < 1.29 is 0 Å². The Morgan fingerprint density at radius 1 is 1.46 bits per heavy atom. The number of aromatic nitrogens is 1. The topological polar surface area (TPSA) is 24.9 Å². The summed E-state index contributed by atoms with van der Waals surface area (Å²) < 4.78 is 1.03. The second kappa shape index (κ2) is 4.07. The molecule has 72 valence electrons. The molecule has 1 N–H and O–H groups in total. The molecular formula is C9H13BrN2S. The van der Waals surface area contributed by atoms with E-state index in [1.807, 2.05) is 11.3 Å². The van der Waals surface area contributed by atoms with E-state index < -0.39 is 0 Å². The summed E-state index contributed by atoms with van der Waals surface area (Å²) in [5.41, 5.74) is 0. The van der Waals surface area contributed by atoms with Crippen molar-refractivity contribution in [2.45, 2.75) is 25.7 Å². The molecule has 0 bridgehead atoms. The second-order valence-electron chi connectivity index (χ2n) is 3.42. The zero-order valence-electron chi connectivity index (χ0n) is 7.64. The van der Waals surface area contributed by atoms with Gasteiger partial charge in [-0.3, -0.25) is 0 Å². The Bertz CT molecular complexity index is 272. The van der Waals surface area contributed by atoms with Gasteiger partial charge in [-0.25, -0.2) is 4.98 Å². The highest BCUT2D eigenvalue weighted by Crippen LogP contribution is 2.32. The fourth-order valence-electron chi connectivity index (χ4n) is 1.64. The summed E-state index contributed by atoms with van der Waals surface area (Å²) >= 11 is 5.30. The highest BCUT2D eigenvalue weighted by atomic mass is 79.9. The molecule has 1 saturated heterocycles. The molecule has 2 heterocycles. The zero-order valence-corrected chi connectivity index (χ0v) is 10.0. The van der Waals surface area contributed by atoms with Gasteiger partial charge in [0.2, 0.25) is 0 Å². The van der Waals surface area contributed by atoms with Crippen molar-refractivity contribution in [2.24, 2.45) is 0 Å². The average molecular weight is 261 g/mol. The van der Waals surface area contributed by atoms with Gasteiger partial charge in [0, 0.05) is 10.8 Å². The third-order valence-electron chi connectivity index (χ3n) is 2.44. The first kappa shape index (κ1) is 9.62. The van der Waals surface area contributed by atoms with Crippen LogP contribution in [0.5, 0.6) is 0 Å². The van der Waals surface area contributed by atoms with Crippen LogP contribution in [-0.2, 0) is 0 Å². The van der Waals surface area contributed by atoms with Crippen LogP contribution < -0.4 is 5.32 Å². The summed E-state index contributed by atoms with van der Waals surface area (Å²) in [5.74, 6) is 0.691. The summed E-state index contributed by atoms with van der Waals surface area (Å²) in [6, 6.07) is 0. The van der Waals surface area contributed by atoms with Gasteiger partial charge in [-0.1, -0.05) is 0 Å². The quantitative estimate of drug-likeness (QED) is 0.840. The molecule has 1 aliphatic rings. The number of thiazole rings is 1. The molecule has 2 rings (SSSR count). The predicted octanol–water partition coefficient (Wildman–Crippen LogP) is 2.68. The molecule has 0 aliphatic carbocycles. The minimum atomic E-state index is 0.691. The summed E-state index contributed by atoms with van der Waals surface area (Å²) in [5, 5.41) is 4.68. The molecule has 1 aromatic rings. The van der Waals surface area contributed by atoms with Gasteiger partial charge >= 0.3 is 0 Å². The molecule has 2 nitrogen and oxygen atoms in total. The largest absolute Gasteiger partial charge is 0.317 e. The van der Waals surface area contributed by atoms with Crippen molar-refractivity contribution in [3.8, 4) is 0 Å². The molecule has 0 atom stereocenters. The van der Waals surface area contributed by atoms with E-state index >= 15 is 0 Å². The van der Waals surface area contributed by atoms with Gasteiger partial charge in [-0.2, -0.15) is 0 Å². The Labute approximate surface area is 90.9 Å². The van der Waals surface area contributed by atoms with Crippen LogP contribution in [-0.4, -0.2) is 18.1 Å². The van der Waals surface area contributed by atoms with E-state index in [1.54, 1.807) is 0 Å². The van der Waals surface area contributed by atoms with Gasteiger partial charge < -0.3 is 5.32 Å². The number of aryl methyl sites for hydroxylation is 1. The number of rotatable bonds is 1. The summed E-state index contributed by atoms with van der Waals surface area (Å²) in [6.07, 6.45) is 2.47. The van der Waals surface area contributed by atoms with E-state index in [1.165, 1.54) is 22.7 Å². The minimum absolute atomic E-state index is 0.691. The number of nitrogens with zero attached hydrogens (tertiary/aromatic N) is 1. The predicted molar refractivity (Wildman–Crippen MR) is 59.4 cm³/mol. The maximum atomic E-state index is 4.54. The highest BCUT2D eigenvalue weighted by Gasteiger charge is 2.19. The standard InChI is InChI=1S/C9H13BrN2S/c1-6-8(10)12-9(13-6)7-2-4-11-5-3-7/h7,11H,2-5H2,1H3. The second-order valence-corrected chi connectivity index (χ2v) is 5.41. The number of halogens is 1. The molecular weight excluding hydrogens is 248 g/mol. The van der Waals surface area contributed by atoms with Crippen molar-refractivity contribution in [1.82, 2.24) is 10.3 Å². The fourth-order valence-corrected chi connectivity index (χ4v) is 3.17. The third-order valence-corrected chi connectivity index (χ3v) is 4.61. The van der Waals surface area contributed by atoms with Crippen LogP contribution in [0.25, 0.3) is 0 Å². The van der Waals surface area contributed by atoms with Gasteiger partial charge in [-0.15, -0.1) is 11.3 Å². The molecule has 13 heavy (non-hydrogen) atoms. The van der Waals surface area contributed by atoms with Crippen LogP contribution in [0, 0.1) is 6.92 Å². The van der Waals surface area contributed by atoms with Gasteiger partial charge in [0.25, 0.3) is 0 Å². The van der Waals surface area contributed by atoms with E-state index in [9.17, 15) is 0 Å². The Balaban J connectivity index is 2.14. The number of hydrogen-bond acceptors (Lipinski definition) is 3. The zero-order chi connectivity index (χ0) is 9.26. The normalized spacial score (nSPS) is 19.2. The van der Waals surface area contributed by atoms with Crippen LogP contribution >= 0.6 is 27.3 Å². The van der Waals surface area contributed by atoms with E-state index in [0.29, 0.717) is 5.92 Å². The van der Waals surface area contributed by atoms with Crippen molar-refractivity contribution in [2.75, 3.05) is 13.1 Å². The molecule has 1 aliphatic heterocycles. The van der Waals surface area contributed by atoms with Crippen LogP contribution in [0.15, 0.2) is 4.60 Å². The summed E-state index contributed by atoms with van der Waals surface area (Å²) in [7, 11) is 0.